The van der Waals surface area contributed by atoms with Crippen LogP contribution in [0.4, 0.5) is 9.59 Å². The molecule has 6 aliphatic rings. The average Bonchev–Trinajstić information content (AvgIpc) is 0.817. The molecular weight excluding hydrogens is 1630 g/mol. The molecule has 0 aliphatic carbocycles. The first kappa shape index (κ1) is 115. The summed E-state index contributed by atoms with van der Waals surface area (Å²) in [5, 5.41) is 74.0. The zero-order chi connectivity index (χ0) is 90.1. The molecule has 15 N–H and O–H groups in total. The van der Waals surface area contributed by atoms with Gasteiger partial charge in [0.1, 0.15) is 44.9 Å². The number of aliphatic carboxylic acids is 1. The van der Waals surface area contributed by atoms with Crippen molar-refractivity contribution in [3.05, 3.63) is 119 Å². The van der Waals surface area contributed by atoms with E-state index in [0.29, 0.717) is 165 Å². The largest absolute Gasteiger partial charge is 1.00 e. The predicted octanol–water partition coefficient (Wildman–Crippen LogP) is -0.807. The van der Waals surface area contributed by atoms with Crippen LogP contribution in [0.25, 0.3) is 0 Å². The molecule has 123 heavy (non-hydrogen) atoms. The topological polar surface area (TPSA) is 582 Å². The van der Waals surface area contributed by atoms with Gasteiger partial charge in [0.25, 0.3) is 0 Å². The number of aliphatic hydroxyl groups excluding tert-OH is 5. The third kappa shape index (κ3) is 45.4. The molecule has 39 nitrogen and oxygen atoms in total. The van der Waals surface area contributed by atoms with Crippen LogP contribution in [0.5, 0.6) is 0 Å². The van der Waals surface area contributed by atoms with Gasteiger partial charge in [-0.15, -0.1) is 0 Å². The molecule has 6 aliphatic heterocycles. The number of carbonyl (C=O) groups is 12. The number of nitrogens with one attached hydrogen (secondary N) is 6. The minimum Gasteiger partial charge on any atom is -0.870 e. The fourth-order valence-electron chi connectivity index (χ4n) is 12.4. The van der Waals surface area contributed by atoms with Crippen LogP contribution in [0.15, 0.2) is 102 Å². The van der Waals surface area contributed by atoms with E-state index in [9.17, 15) is 62.1 Å². The average molecular weight is 1760 g/mol. The number of ketones is 9. The number of alkyl carbamates (subject to hydrolysis) is 2. The number of guanidine groups is 1. The number of carbonyl (C=O) groups excluding carboxylic acids is 11. The van der Waals surface area contributed by atoms with Crippen LogP contribution in [0.3, 0.4) is 0 Å². The molecule has 686 valence electrons. The van der Waals surface area contributed by atoms with E-state index in [1.807, 2.05) is 52.5 Å². The van der Waals surface area contributed by atoms with Crippen LogP contribution >= 0.6 is 7.60 Å². The van der Waals surface area contributed by atoms with Crippen molar-refractivity contribution in [1.82, 2.24) is 36.4 Å². The second-order valence-electron chi connectivity index (χ2n) is 28.1. The molecule has 6 heterocycles. The number of carboxylic acid groups (broad SMARTS) is 1. The zero-order valence-corrected chi connectivity index (χ0v) is 72.8. The summed E-state index contributed by atoms with van der Waals surface area (Å²) in [6.45, 7) is 4.18. The first-order valence-electron chi connectivity index (χ1n) is 39.6. The van der Waals surface area contributed by atoms with E-state index >= 15 is 0 Å². The van der Waals surface area contributed by atoms with Crippen LogP contribution in [0.1, 0.15) is 108 Å². The third-order valence-electron chi connectivity index (χ3n) is 19.4. The van der Waals surface area contributed by atoms with Crippen LogP contribution < -0.4 is 51.2 Å². The molecule has 0 radical (unpaired) electrons. The SMILES string of the molecule is CN(C)C(=N)N(C)C.COC(=O)N[C@H](C(=O)CO)C1CCOCC1.COC(=O)N[C@H](C(=O)O)C1CCOCC1.COP(=O)(OC)C(NCC(=O)c1ccccc1)C(=O)CO.N[C@H](C(=O)CO)C1CCOCC1.O=C(CN[C@H](C(=O)CO)C1CCOCC1)c1ccccc1.O=C(CO)C(NCC(=O)c1ccccc1)=C1CCOCC1.O=C1CCOCC1.[Li+].[OH-]. The summed E-state index contributed by atoms with van der Waals surface area (Å²) in [6.07, 6.45) is 7.03. The Hall–Kier alpha value is -8.34. The Morgan fingerprint density at radius 1 is 0.463 bits per heavy atom. The molecule has 1 unspecified atom stereocenters. The van der Waals surface area contributed by atoms with E-state index in [4.69, 9.17) is 79.3 Å². The summed E-state index contributed by atoms with van der Waals surface area (Å²) in [5.41, 5.74) is 8.58. The van der Waals surface area contributed by atoms with Gasteiger partial charge in [0, 0.05) is 125 Å². The number of hydrogen-bond donors (Lipinski definition) is 13. The Morgan fingerprint density at radius 3 is 1.11 bits per heavy atom. The van der Waals surface area contributed by atoms with Crippen LogP contribution in [-0.2, 0) is 85.1 Å². The van der Waals surface area contributed by atoms with Crippen molar-refractivity contribution >= 4 is 83.8 Å². The van der Waals surface area contributed by atoms with Gasteiger partial charge in [-0.25, -0.2) is 14.4 Å². The van der Waals surface area contributed by atoms with Gasteiger partial charge < -0.3 is 115 Å². The summed E-state index contributed by atoms with van der Waals surface area (Å²) in [5.74, 6) is -3.86. The minimum atomic E-state index is -3.78. The number of amides is 2. The van der Waals surface area contributed by atoms with Gasteiger partial charge in [-0.2, -0.15) is 0 Å². The molecule has 3 aromatic carbocycles. The summed E-state index contributed by atoms with van der Waals surface area (Å²) in [7, 11) is 8.31. The van der Waals surface area contributed by atoms with E-state index in [1.54, 1.807) is 76.5 Å². The number of methoxy groups -OCH3 is 2. The predicted molar refractivity (Wildman–Crippen MR) is 444 cm³/mol. The van der Waals surface area contributed by atoms with E-state index < -0.39 is 100 Å². The van der Waals surface area contributed by atoms with Crippen LogP contribution in [-0.4, -0.2) is 341 Å². The van der Waals surface area contributed by atoms with Crippen molar-refractivity contribution in [2.24, 2.45) is 29.4 Å². The summed E-state index contributed by atoms with van der Waals surface area (Å²) in [6, 6.07) is 23.8. The van der Waals surface area contributed by atoms with E-state index in [0.717, 1.165) is 45.5 Å². The number of hydrogen-bond acceptors (Lipinski definition) is 34. The minimum absolute atomic E-state index is 0. The van der Waals surface area contributed by atoms with Crippen molar-refractivity contribution in [3.63, 3.8) is 0 Å². The number of ether oxygens (including phenoxy) is 8. The third-order valence-corrected chi connectivity index (χ3v) is 21.5. The smallest absolute Gasteiger partial charge is 0.870 e. The van der Waals surface area contributed by atoms with E-state index in [-0.39, 0.29) is 102 Å². The van der Waals surface area contributed by atoms with Gasteiger partial charge in [0.15, 0.2) is 52.2 Å². The number of nitrogens with zero attached hydrogens (tertiary/aromatic N) is 2. The zero-order valence-electron chi connectivity index (χ0n) is 71.9. The fourth-order valence-corrected chi connectivity index (χ4v) is 13.7. The molecule has 3 aromatic rings. The van der Waals surface area contributed by atoms with Crippen molar-refractivity contribution < 1.29 is 164 Å². The Labute approximate surface area is 730 Å². The first-order chi connectivity index (χ1) is 58.0. The molecule has 0 saturated carbocycles. The Morgan fingerprint density at radius 2 is 0.789 bits per heavy atom. The maximum atomic E-state index is 12.3. The maximum absolute atomic E-state index is 12.3. The summed E-state index contributed by atoms with van der Waals surface area (Å²) < 4.78 is 61.5. The molecule has 6 fully saturated rings. The molecule has 9 rings (SSSR count). The first-order valence-corrected chi connectivity index (χ1v) is 41.2. The molecule has 5 atom stereocenters. The monoisotopic (exact) mass is 1760 g/mol. The van der Waals surface area contributed by atoms with Crippen molar-refractivity contribution in [2.45, 2.75) is 107 Å². The Bertz CT molecular complexity index is 3650. The number of aliphatic hydroxyl groups is 5. The van der Waals surface area contributed by atoms with Crippen molar-refractivity contribution in [3.8, 4) is 0 Å². The van der Waals surface area contributed by atoms with Gasteiger partial charge >= 0.3 is 44.6 Å². The van der Waals surface area contributed by atoms with Gasteiger partial charge in [0.05, 0.1) is 84.1 Å². The van der Waals surface area contributed by atoms with Gasteiger partial charge in [-0.3, -0.25) is 63.8 Å². The Kier molecular flexibility index (Phi) is 62.5. The molecule has 0 aromatic heterocycles. The van der Waals surface area contributed by atoms with Gasteiger partial charge in [0.2, 0.25) is 5.78 Å². The number of nitrogens with two attached hydrogens (primary N) is 1. The number of Topliss-reactive ketones (excluding diaryl/α,β-unsaturated/α-hetero) is 9. The normalized spacial score (nSPS) is 16.5. The van der Waals surface area contributed by atoms with E-state index in [2.05, 4.69) is 36.1 Å². The Balaban J connectivity index is 0.00000141. The van der Waals surface area contributed by atoms with Crippen LogP contribution in [0.2, 0.25) is 0 Å². The number of benzene rings is 3. The maximum Gasteiger partial charge on any atom is 1.00 e. The van der Waals surface area contributed by atoms with Crippen molar-refractivity contribution in [1.29, 1.82) is 5.41 Å². The quantitative estimate of drug-likeness (QED) is 0.00908. The second-order valence-corrected chi connectivity index (χ2v) is 30.4. The van der Waals surface area contributed by atoms with Gasteiger partial charge in [-0.05, 0) is 93.5 Å². The molecule has 41 heteroatoms. The molecule has 6 saturated heterocycles. The van der Waals surface area contributed by atoms with E-state index in [1.165, 1.54) is 14.2 Å². The number of carboxylic acids is 1. The summed E-state index contributed by atoms with van der Waals surface area (Å²) >= 11 is 0. The summed E-state index contributed by atoms with van der Waals surface area (Å²) in [4.78, 5) is 141. The fraction of sp³-hybridized carbons (Fsp3) is 0.598. The molecule has 0 spiro atoms. The van der Waals surface area contributed by atoms with Crippen molar-refractivity contribution in [2.75, 3.05) is 189 Å². The number of rotatable bonds is 32. The van der Waals surface area contributed by atoms with Crippen LogP contribution in [0, 0.1) is 29.1 Å². The molecule has 0 bridgehead atoms. The molecular formula is C82H127LiN9O30P. The molecule has 2 amide bonds. The second kappa shape index (κ2) is 67.1. The standard InChI is InChI=1S/C16H21NO4.C16H19NO4.C13H18NO6P.C10H17NO5.C9H15NO5.C8H15NO3.C5H13N3.C5H8O2.Li.H2O/c2*18-11-15(20)16(13-6-8-21-9-7-13)17-10-14(19)12-4-2-1-3-5-12;1-19-21(18,20-2)13(12(17)9-15)14-8-11(16)10-6-4-3-5-7-10;1-15-10(14)11-9(8(13)6-12)7-2-4-16-5-3-7;1-14-9(13)10-7(8(11)12)6-2-4-15-5-3-6;9-8(7(11)5-10)6-1-3-12-4-2-6;1-7(2)5(6)8(3)4;6-5-1-3-7-4-2-5;;/h1-5,13,16-18H,6-11H2;1-5,17-18H,6-11H2;3-7,13-15H,8-9H2,1-2H3;7,9,12H,2-6H2,1H3,(H,11,14);6-7H,2-5H2,1H3,(H,10,13)(H,11,12);6,8,10H,1-5,9H2;6H,1-4H3;1-4H2;;1H2/q;;;;;;;;+1;/p-1/t16-;;;9-;7-;8-;;;;/m0..000..../s1. The van der Waals surface area contributed by atoms with Gasteiger partial charge in [-0.1, -0.05) is 91.0 Å².